The van der Waals surface area contributed by atoms with E-state index in [1.165, 1.54) is 0 Å². The molecule has 0 heterocycles. The average molecular weight is 248 g/mol. The molecule has 2 heteroatoms. The highest BCUT2D eigenvalue weighted by atomic mass is 16.3. The lowest BCUT2D eigenvalue weighted by Crippen LogP contribution is -2.31. The van der Waals surface area contributed by atoms with E-state index in [0.717, 1.165) is 22.3 Å². The normalized spacial score (nSPS) is 26.8. The fraction of sp³-hybridized carbons (Fsp3) is 0.118. The minimum Gasteiger partial charge on any atom is -0.380 e. The van der Waals surface area contributed by atoms with E-state index >= 15 is 0 Å². The Kier molecular flexibility index (Phi) is 1.93. The van der Waals surface area contributed by atoms with Gasteiger partial charge in [0.15, 0.2) is 5.78 Å². The summed E-state index contributed by atoms with van der Waals surface area (Å²) in [6.45, 7) is 0. The molecule has 92 valence electrons. The van der Waals surface area contributed by atoms with Crippen LogP contribution in [0.1, 0.15) is 28.4 Å². The Balaban J connectivity index is 2.09. The summed E-state index contributed by atoms with van der Waals surface area (Å²) in [5.41, 5.74) is 2.89. The number of carbonyl (C=O) groups is 1. The molecule has 0 aliphatic heterocycles. The van der Waals surface area contributed by atoms with Crippen molar-refractivity contribution in [3.63, 3.8) is 0 Å². The van der Waals surface area contributed by atoms with Gasteiger partial charge in [0.2, 0.25) is 0 Å². The quantitative estimate of drug-likeness (QED) is 0.778. The summed E-state index contributed by atoms with van der Waals surface area (Å²) in [4.78, 5) is 12.6. The van der Waals surface area contributed by atoms with Crippen molar-refractivity contribution < 1.29 is 9.90 Å². The summed E-state index contributed by atoms with van der Waals surface area (Å²) in [5.74, 6) is -0.144. The number of rotatable bonds is 0. The summed E-state index contributed by atoms with van der Waals surface area (Å²) in [6, 6.07) is 15.4. The number of ketones is 1. The fourth-order valence-electron chi connectivity index (χ4n) is 3.34. The van der Waals surface area contributed by atoms with Gasteiger partial charge in [0.25, 0.3) is 0 Å². The van der Waals surface area contributed by atoms with Crippen molar-refractivity contribution in [2.45, 2.75) is 11.5 Å². The van der Waals surface area contributed by atoms with E-state index in [0.29, 0.717) is 0 Å². The van der Waals surface area contributed by atoms with Crippen molar-refractivity contribution in [3.05, 3.63) is 76.9 Å². The summed E-state index contributed by atoms with van der Waals surface area (Å²) < 4.78 is 0. The zero-order valence-corrected chi connectivity index (χ0v) is 10.2. The fourth-order valence-corrected chi connectivity index (χ4v) is 3.34. The van der Waals surface area contributed by atoms with Gasteiger partial charge in [-0.1, -0.05) is 60.7 Å². The van der Waals surface area contributed by atoms with Crippen LogP contribution in [0.2, 0.25) is 0 Å². The molecule has 2 aliphatic rings. The van der Waals surface area contributed by atoms with E-state index < -0.39 is 11.5 Å². The molecule has 0 fully saturated rings. The summed E-state index contributed by atoms with van der Waals surface area (Å²) in [7, 11) is 0. The first kappa shape index (κ1) is 10.7. The van der Waals surface area contributed by atoms with Crippen LogP contribution in [-0.2, 0) is 10.2 Å². The van der Waals surface area contributed by atoms with Crippen LogP contribution < -0.4 is 0 Å². The van der Waals surface area contributed by atoms with Gasteiger partial charge in [-0.2, -0.15) is 0 Å². The van der Waals surface area contributed by atoms with Crippen molar-refractivity contribution in [2.75, 3.05) is 0 Å². The zero-order valence-electron chi connectivity index (χ0n) is 10.2. The van der Waals surface area contributed by atoms with Crippen LogP contribution in [0.25, 0.3) is 6.08 Å². The van der Waals surface area contributed by atoms with Crippen molar-refractivity contribution in [2.24, 2.45) is 0 Å². The Hall–Kier alpha value is -2.19. The summed E-state index contributed by atoms with van der Waals surface area (Å²) in [5, 5.41) is 10.2. The van der Waals surface area contributed by atoms with E-state index in [4.69, 9.17) is 0 Å². The third-order valence-electron chi connectivity index (χ3n) is 4.22. The Morgan fingerprint density at radius 3 is 2.47 bits per heavy atom. The van der Waals surface area contributed by atoms with Gasteiger partial charge in [-0.15, -0.1) is 0 Å². The van der Waals surface area contributed by atoms with Crippen LogP contribution in [0.5, 0.6) is 0 Å². The predicted molar refractivity (Wildman–Crippen MR) is 72.7 cm³/mol. The molecule has 0 saturated heterocycles. The molecule has 0 saturated carbocycles. The third kappa shape index (κ3) is 1.12. The first-order valence-corrected chi connectivity index (χ1v) is 6.36. The molecule has 19 heavy (non-hydrogen) atoms. The van der Waals surface area contributed by atoms with Gasteiger partial charge in [-0.05, 0) is 22.3 Å². The molecule has 4 rings (SSSR count). The highest BCUT2D eigenvalue weighted by molar-refractivity contribution is 6.07. The third-order valence-corrected chi connectivity index (χ3v) is 4.22. The number of Topliss-reactive ketones (excluding diaryl/α,β-unsaturated/α-hetero) is 1. The molecule has 2 nitrogen and oxygen atoms in total. The highest BCUT2D eigenvalue weighted by Gasteiger charge is 2.52. The molecule has 0 aromatic heterocycles. The summed E-state index contributed by atoms with van der Waals surface area (Å²) >= 11 is 0. The standard InChI is InChI=1S/C17H12O2/c18-15-12-6-2-4-8-14(12)17(16(15)19)10-9-11-5-1-3-7-13(11)17/h1-10,15,18H. The topological polar surface area (TPSA) is 37.3 Å². The Labute approximate surface area is 111 Å². The highest BCUT2D eigenvalue weighted by Crippen LogP contribution is 2.51. The van der Waals surface area contributed by atoms with Gasteiger partial charge < -0.3 is 5.11 Å². The molecule has 0 bridgehead atoms. The van der Waals surface area contributed by atoms with Crippen LogP contribution in [0.15, 0.2) is 54.6 Å². The van der Waals surface area contributed by atoms with Gasteiger partial charge in [-0.25, -0.2) is 0 Å². The first-order chi connectivity index (χ1) is 9.25. The molecule has 2 aliphatic carbocycles. The number of hydrogen-bond donors (Lipinski definition) is 1. The second kappa shape index (κ2) is 3.43. The molecule has 2 aromatic rings. The SMILES string of the molecule is O=C1C(O)c2ccccc2C12C=Cc1ccccc12. The number of hydrogen-bond acceptors (Lipinski definition) is 2. The Morgan fingerprint density at radius 2 is 1.63 bits per heavy atom. The number of carbonyl (C=O) groups excluding carboxylic acids is 1. The zero-order chi connectivity index (χ0) is 13.0. The van der Waals surface area contributed by atoms with Crippen LogP contribution >= 0.6 is 0 Å². The van der Waals surface area contributed by atoms with Gasteiger partial charge in [-0.3, -0.25) is 4.79 Å². The number of benzene rings is 2. The molecular weight excluding hydrogens is 236 g/mol. The minimum atomic E-state index is -1.02. The van der Waals surface area contributed by atoms with Crippen LogP contribution in [0, 0.1) is 0 Å². The maximum atomic E-state index is 12.6. The molecule has 0 radical (unpaired) electrons. The van der Waals surface area contributed by atoms with Gasteiger partial charge in [0, 0.05) is 0 Å². The first-order valence-electron chi connectivity index (χ1n) is 6.36. The van der Waals surface area contributed by atoms with E-state index in [-0.39, 0.29) is 5.78 Å². The molecule has 1 spiro atoms. The van der Waals surface area contributed by atoms with E-state index in [1.807, 2.05) is 60.7 Å². The molecular formula is C17H12O2. The Morgan fingerprint density at radius 1 is 0.947 bits per heavy atom. The lowest BCUT2D eigenvalue weighted by molar-refractivity contribution is -0.128. The monoisotopic (exact) mass is 248 g/mol. The maximum absolute atomic E-state index is 12.6. The van der Waals surface area contributed by atoms with Crippen molar-refractivity contribution in [1.29, 1.82) is 0 Å². The van der Waals surface area contributed by atoms with E-state index in [1.54, 1.807) is 0 Å². The second-order valence-corrected chi connectivity index (χ2v) is 5.08. The van der Waals surface area contributed by atoms with E-state index in [9.17, 15) is 9.90 Å². The molecule has 2 atom stereocenters. The Bertz CT molecular complexity index is 730. The molecule has 1 N–H and O–H groups in total. The lowest BCUT2D eigenvalue weighted by Gasteiger charge is -2.23. The van der Waals surface area contributed by atoms with E-state index in [2.05, 4.69) is 0 Å². The molecule has 2 aromatic carbocycles. The van der Waals surface area contributed by atoms with Crippen molar-refractivity contribution in [3.8, 4) is 0 Å². The van der Waals surface area contributed by atoms with Gasteiger partial charge >= 0.3 is 0 Å². The van der Waals surface area contributed by atoms with Gasteiger partial charge in [0.1, 0.15) is 11.5 Å². The number of aliphatic hydroxyl groups is 1. The molecule has 0 amide bonds. The van der Waals surface area contributed by atoms with Crippen molar-refractivity contribution in [1.82, 2.24) is 0 Å². The predicted octanol–water partition coefficient (Wildman–Crippen LogP) is 2.62. The lowest BCUT2D eigenvalue weighted by atomic mass is 9.76. The summed E-state index contributed by atoms with van der Waals surface area (Å²) in [6.07, 6.45) is 2.88. The number of aliphatic hydroxyl groups excluding tert-OH is 1. The maximum Gasteiger partial charge on any atom is 0.184 e. The average Bonchev–Trinajstić information content (AvgIpc) is 2.95. The number of fused-ring (bicyclic) bond motifs is 4. The number of allylic oxidation sites excluding steroid dienone is 1. The van der Waals surface area contributed by atoms with Crippen LogP contribution in [-0.4, -0.2) is 10.9 Å². The minimum absolute atomic E-state index is 0.144. The second-order valence-electron chi connectivity index (χ2n) is 5.08. The largest absolute Gasteiger partial charge is 0.380 e. The van der Waals surface area contributed by atoms with Crippen LogP contribution in [0.3, 0.4) is 0 Å². The van der Waals surface area contributed by atoms with Crippen LogP contribution in [0.4, 0.5) is 0 Å². The van der Waals surface area contributed by atoms with Gasteiger partial charge in [0.05, 0.1) is 0 Å². The smallest absolute Gasteiger partial charge is 0.184 e. The van der Waals surface area contributed by atoms with Crippen molar-refractivity contribution >= 4 is 11.9 Å². The molecule has 2 unspecified atom stereocenters.